The van der Waals surface area contributed by atoms with Crippen LogP contribution in [0, 0.1) is 12.8 Å². The predicted molar refractivity (Wildman–Crippen MR) is 92.2 cm³/mol. The third kappa shape index (κ3) is 3.35. The zero-order valence-electron chi connectivity index (χ0n) is 13.8. The summed E-state index contributed by atoms with van der Waals surface area (Å²) in [5, 5.41) is 11.9. The van der Waals surface area contributed by atoms with Crippen molar-refractivity contribution in [3.63, 3.8) is 0 Å². The predicted octanol–water partition coefficient (Wildman–Crippen LogP) is 4.25. The van der Waals surface area contributed by atoms with Crippen LogP contribution in [0.25, 0.3) is 0 Å². The Morgan fingerprint density at radius 2 is 1.83 bits per heavy atom. The average molecular weight is 313 g/mol. The molecule has 0 radical (unpaired) electrons. The minimum absolute atomic E-state index is 0.204. The van der Waals surface area contributed by atoms with E-state index in [1.165, 1.54) is 5.28 Å². The molecule has 1 unspecified atom stereocenters. The maximum atomic E-state index is 10.5. The van der Waals surface area contributed by atoms with E-state index in [9.17, 15) is 5.11 Å². The molecule has 2 aromatic carbocycles. The summed E-state index contributed by atoms with van der Waals surface area (Å²) in [5.74, 6) is 1.16. The van der Waals surface area contributed by atoms with Crippen molar-refractivity contribution in [2.24, 2.45) is 5.92 Å². The van der Waals surface area contributed by atoms with E-state index < -0.39 is 0 Å². The van der Waals surface area contributed by atoms with E-state index in [1.807, 2.05) is 43.3 Å². The number of hydrogen-bond acceptors (Lipinski definition) is 5. The van der Waals surface area contributed by atoms with Crippen LogP contribution in [0.3, 0.4) is 0 Å². The maximum absolute atomic E-state index is 10.5. The molecule has 1 atom stereocenters. The molecular weight excluding hydrogens is 290 g/mol. The molecule has 23 heavy (non-hydrogen) atoms. The van der Waals surface area contributed by atoms with Gasteiger partial charge in [-0.05, 0) is 48.6 Å². The van der Waals surface area contributed by atoms with Gasteiger partial charge in [0.05, 0.1) is 11.4 Å². The average Bonchev–Trinajstić information content (AvgIpc) is 2.93. The van der Waals surface area contributed by atoms with E-state index >= 15 is 0 Å². The van der Waals surface area contributed by atoms with Gasteiger partial charge < -0.3 is 9.94 Å². The van der Waals surface area contributed by atoms with Gasteiger partial charge in [0.1, 0.15) is 0 Å². The molecule has 0 aliphatic carbocycles. The lowest BCUT2D eigenvalue weighted by molar-refractivity contribution is -0.00281. The van der Waals surface area contributed by atoms with Crippen molar-refractivity contribution in [1.29, 1.82) is 0 Å². The number of nitrogens with zero attached hydrogens (tertiary/aromatic N) is 1. The topological polar surface area (TPSA) is 56.8 Å². The lowest BCUT2D eigenvalue weighted by atomic mass is 9.96. The number of benzene rings is 2. The number of para-hydroxylation sites is 2. The second-order valence-corrected chi connectivity index (χ2v) is 6.14. The van der Waals surface area contributed by atoms with Crippen molar-refractivity contribution in [3.05, 3.63) is 47.5 Å². The molecule has 0 saturated carbocycles. The smallest absolute Gasteiger partial charge is 0.194 e. The van der Waals surface area contributed by atoms with E-state index in [1.54, 1.807) is 0 Å². The first-order valence-corrected chi connectivity index (χ1v) is 7.99. The summed E-state index contributed by atoms with van der Waals surface area (Å²) in [6, 6.07) is 11.7. The van der Waals surface area contributed by atoms with E-state index in [0.29, 0.717) is 11.7 Å². The normalized spacial score (nSPS) is 14.7. The molecule has 2 aromatic rings. The summed E-state index contributed by atoms with van der Waals surface area (Å²) < 4.78 is 0. The fourth-order valence-corrected chi connectivity index (χ4v) is 2.63. The van der Waals surface area contributed by atoms with Crippen molar-refractivity contribution < 1.29 is 9.94 Å². The Balaban J connectivity index is 1.78. The number of phenols is 1. The zero-order valence-corrected chi connectivity index (χ0v) is 13.8. The second kappa shape index (κ2) is 6.38. The molecule has 1 aliphatic heterocycles. The molecule has 0 saturated heterocycles. The first-order chi connectivity index (χ1) is 11.1. The number of anilines is 2. The van der Waals surface area contributed by atoms with Gasteiger partial charge in [-0.1, -0.05) is 38.5 Å². The first-order valence-electron chi connectivity index (χ1n) is 7.99. The van der Waals surface area contributed by atoms with Crippen LogP contribution in [-0.2, 0) is 6.42 Å². The molecule has 1 aliphatic rings. The second-order valence-electron chi connectivity index (χ2n) is 6.14. The summed E-state index contributed by atoms with van der Waals surface area (Å²) >= 11 is 0. The van der Waals surface area contributed by atoms with Crippen molar-refractivity contribution in [3.8, 4) is 11.5 Å². The van der Waals surface area contributed by atoms with Gasteiger partial charge in [-0.25, -0.2) is 0 Å². The van der Waals surface area contributed by atoms with E-state index in [4.69, 9.17) is 4.84 Å². The fraction of sp³-hybridized carbons (Fsp3) is 0.333. The lowest BCUT2D eigenvalue weighted by Gasteiger charge is -2.19. The Morgan fingerprint density at radius 3 is 2.43 bits per heavy atom. The van der Waals surface area contributed by atoms with Crippen molar-refractivity contribution in [2.75, 3.05) is 10.9 Å². The van der Waals surface area contributed by atoms with Crippen molar-refractivity contribution in [2.45, 2.75) is 33.6 Å². The highest BCUT2D eigenvalue weighted by atomic mass is 16.7. The van der Waals surface area contributed by atoms with Gasteiger partial charge in [-0.15, -0.1) is 0 Å². The van der Waals surface area contributed by atoms with E-state index in [0.717, 1.165) is 35.3 Å². The molecule has 1 heterocycles. The number of hydrazine groups is 2. The van der Waals surface area contributed by atoms with Crippen molar-refractivity contribution in [1.82, 2.24) is 5.28 Å². The van der Waals surface area contributed by atoms with E-state index in [-0.39, 0.29) is 5.75 Å². The highest BCUT2D eigenvalue weighted by molar-refractivity contribution is 5.70. The highest BCUT2D eigenvalue weighted by Gasteiger charge is 2.21. The molecular formula is C18H23N3O2. The number of rotatable bonds is 5. The van der Waals surface area contributed by atoms with Gasteiger partial charge in [-0.3, -0.25) is 10.9 Å². The Labute approximate surface area is 136 Å². The Hall–Kier alpha value is -2.40. The summed E-state index contributed by atoms with van der Waals surface area (Å²) in [5.41, 5.74) is 10.0. The Bertz CT molecular complexity index is 678. The van der Waals surface area contributed by atoms with Crippen LogP contribution in [0.2, 0.25) is 0 Å². The van der Waals surface area contributed by atoms with Crippen LogP contribution in [0.4, 0.5) is 11.4 Å². The van der Waals surface area contributed by atoms with E-state index in [2.05, 4.69) is 24.7 Å². The molecule has 0 spiro atoms. The minimum atomic E-state index is 0.204. The molecule has 0 amide bonds. The van der Waals surface area contributed by atoms with Gasteiger partial charge >= 0.3 is 0 Å². The highest BCUT2D eigenvalue weighted by Crippen LogP contribution is 2.35. The Kier molecular flexibility index (Phi) is 4.30. The number of hydrogen-bond donors (Lipinski definition) is 3. The third-order valence-electron chi connectivity index (χ3n) is 4.12. The number of nitrogens with one attached hydrogen (secondary N) is 2. The van der Waals surface area contributed by atoms with Crippen LogP contribution < -0.4 is 15.7 Å². The monoisotopic (exact) mass is 313 g/mol. The minimum Gasteiger partial charge on any atom is -0.504 e. The van der Waals surface area contributed by atoms with Crippen LogP contribution in [0.5, 0.6) is 11.5 Å². The van der Waals surface area contributed by atoms with Gasteiger partial charge in [0.15, 0.2) is 11.5 Å². The van der Waals surface area contributed by atoms with Crippen LogP contribution in [0.15, 0.2) is 36.4 Å². The maximum Gasteiger partial charge on any atom is 0.194 e. The van der Waals surface area contributed by atoms with Crippen LogP contribution in [-0.4, -0.2) is 10.4 Å². The van der Waals surface area contributed by atoms with Gasteiger partial charge in [0.25, 0.3) is 0 Å². The zero-order chi connectivity index (χ0) is 16.4. The first kappa shape index (κ1) is 15.5. The summed E-state index contributed by atoms with van der Waals surface area (Å²) in [7, 11) is 0. The SMILES string of the molecule is CCC(C)Cc1cc(C)cc(ON2Nc3ccccc3N2)c1O. The van der Waals surface area contributed by atoms with Crippen LogP contribution in [0.1, 0.15) is 31.4 Å². The van der Waals surface area contributed by atoms with Gasteiger partial charge in [-0.2, -0.15) is 0 Å². The van der Waals surface area contributed by atoms with Crippen LogP contribution >= 0.6 is 0 Å². The summed E-state index contributed by atoms with van der Waals surface area (Å²) in [6.07, 6.45) is 1.91. The number of fused-ring (bicyclic) bond motifs is 1. The third-order valence-corrected chi connectivity index (χ3v) is 4.12. The molecule has 0 aromatic heterocycles. The van der Waals surface area contributed by atoms with Gasteiger partial charge in [0.2, 0.25) is 0 Å². The fourth-order valence-electron chi connectivity index (χ4n) is 2.63. The largest absolute Gasteiger partial charge is 0.504 e. The number of aromatic hydroxyl groups is 1. The standard InChI is InChI=1S/C18H23N3O2/c1-4-12(2)9-14-10-13(3)11-17(18(14)22)23-21-19-15-7-5-6-8-16(15)20-21/h5-8,10-12,19-20,22H,4,9H2,1-3H3. The molecule has 3 N–H and O–H groups in total. The Morgan fingerprint density at radius 1 is 1.17 bits per heavy atom. The summed E-state index contributed by atoms with van der Waals surface area (Å²) in [6.45, 7) is 6.35. The van der Waals surface area contributed by atoms with Gasteiger partial charge in [0, 0.05) is 5.28 Å². The number of phenolic OH excluding ortho intramolecular Hbond substituents is 1. The molecule has 122 valence electrons. The van der Waals surface area contributed by atoms with Crippen molar-refractivity contribution >= 4 is 11.4 Å². The quantitative estimate of drug-likeness (QED) is 0.770. The summed E-state index contributed by atoms with van der Waals surface area (Å²) in [4.78, 5) is 5.79. The lowest BCUT2D eigenvalue weighted by Crippen LogP contribution is -2.33. The molecule has 5 nitrogen and oxygen atoms in total. The molecule has 5 heteroatoms. The molecule has 3 rings (SSSR count). The number of aryl methyl sites for hydroxylation is 1. The molecule has 0 bridgehead atoms. The molecule has 0 fully saturated rings.